The summed E-state index contributed by atoms with van der Waals surface area (Å²) in [5, 5.41) is 13.2. The SMILES string of the molecule is Cc1cc2cccc(C(=O)NCCN3CCC[C@@H](CO)C3)c2o1. The number of hydrogen-bond donors (Lipinski definition) is 2. The van der Waals surface area contributed by atoms with Crippen molar-refractivity contribution < 1.29 is 14.3 Å². The minimum Gasteiger partial charge on any atom is -0.461 e. The average Bonchev–Trinajstić information content (AvgIpc) is 2.95. The van der Waals surface area contributed by atoms with Crippen LogP contribution in [0.5, 0.6) is 0 Å². The van der Waals surface area contributed by atoms with Gasteiger partial charge in [-0.15, -0.1) is 0 Å². The quantitative estimate of drug-likeness (QED) is 0.887. The summed E-state index contributed by atoms with van der Waals surface area (Å²) >= 11 is 0. The van der Waals surface area contributed by atoms with Gasteiger partial charge in [-0.1, -0.05) is 12.1 Å². The predicted molar refractivity (Wildman–Crippen MR) is 89.5 cm³/mol. The zero-order valence-corrected chi connectivity index (χ0v) is 13.5. The molecule has 0 spiro atoms. The van der Waals surface area contributed by atoms with E-state index in [1.807, 2.05) is 25.1 Å². The van der Waals surface area contributed by atoms with E-state index >= 15 is 0 Å². The Hall–Kier alpha value is -1.85. The molecule has 124 valence electrons. The summed E-state index contributed by atoms with van der Waals surface area (Å²) < 4.78 is 5.65. The van der Waals surface area contributed by atoms with E-state index in [4.69, 9.17) is 4.42 Å². The monoisotopic (exact) mass is 316 g/mol. The van der Waals surface area contributed by atoms with Crippen molar-refractivity contribution >= 4 is 16.9 Å². The Morgan fingerprint density at radius 3 is 3.17 bits per heavy atom. The zero-order valence-electron chi connectivity index (χ0n) is 13.5. The lowest BCUT2D eigenvalue weighted by molar-refractivity contribution is 0.0931. The van der Waals surface area contributed by atoms with E-state index in [-0.39, 0.29) is 12.5 Å². The molecule has 1 amide bonds. The summed E-state index contributed by atoms with van der Waals surface area (Å²) in [5.74, 6) is 1.09. The first-order chi connectivity index (χ1) is 11.2. The fourth-order valence-electron chi connectivity index (χ4n) is 3.30. The van der Waals surface area contributed by atoms with Crippen molar-refractivity contribution in [1.82, 2.24) is 10.2 Å². The van der Waals surface area contributed by atoms with Crippen molar-refractivity contribution in [3.8, 4) is 0 Å². The van der Waals surface area contributed by atoms with Gasteiger partial charge in [-0.05, 0) is 44.4 Å². The molecule has 0 unspecified atom stereocenters. The fraction of sp³-hybridized carbons (Fsp3) is 0.500. The van der Waals surface area contributed by atoms with Crippen molar-refractivity contribution in [3.63, 3.8) is 0 Å². The van der Waals surface area contributed by atoms with Crippen molar-refractivity contribution in [3.05, 3.63) is 35.6 Å². The molecule has 0 radical (unpaired) electrons. The molecule has 1 aliphatic heterocycles. The average molecular weight is 316 g/mol. The van der Waals surface area contributed by atoms with Gasteiger partial charge in [-0.25, -0.2) is 0 Å². The highest BCUT2D eigenvalue weighted by atomic mass is 16.3. The number of benzene rings is 1. The van der Waals surface area contributed by atoms with Crippen LogP contribution in [0, 0.1) is 12.8 Å². The van der Waals surface area contributed by atoms with E-state index in [0.717, 1.165) is 43.6 Å². The number of furan rings is 1. The van der Waals surface area contributed by atoms with Gasteiger partial charge in [0.15, 0.2) is 0 Å². The van der Waals surface area contributed by atoms with Gasteiger partial charge in [-0.2, -0.15) is 0 Å². The third-order valence-electron chi connectivity index (χ3n) is 4.49. The highest BCUT2D eigenvalue weighted by molar-refractivity contribution is 6.04. The van der Waals surface area contributed by atoms with E-state index in [1.54, 1.807) is 6.07 Å². The smallest absolute Gasteiger partial charge is 0.255 e. The number of amides is 1. The Kier molecular flexibility index (Phi) is 4.98. The number of likely N-dealkylation sites (tertiary alicyclic amines) is 1. The number of hydrogen-bond acceptors (Lipinski definition) is 4. The lowest BCUT2D eigenvalue weighted by atomic mass is 9.99. The van der Waals surface area contributed by atoms with Gasteiger partial charge in [0.1, 0.15) is 11.3 Å². The first-order valence-electron chi connectivity index (χ1n) is 8.28. The van der Waals surface area contributed by atoms with Crippen LogP contribution >= 0.6 is 0 Å². The van der Waals surface area contributed by atoms with Gasteiger partial charge < -0.3 is 19.7 Å². The number of carbonyl (C=O) groups excluding carboxylic acids is 1. The van der Waals surface area contributed by atoms with Gasteiger partial charge in [0.05, 0.1) is 5.56 Å². The summed E-state index contributed by atoms with van der Waals surface area (Å²) in [6.45, 7) is 5.51. The largest absolute Gasteiger partial charge is 0.461 e. The number of nitrogens with zero attached hydrogens (tertiary/aromatic N) is 1. The van der Waals surface area contributed by atoms with Crippen LogP contribution in [-0.2, 0) is 0 Å². The lowest BCUT2D eigenvalue weighted by Crippen LogP contribution is -2.41. The number of aliphatic hydroxyl groups is 1. The summed E-state index contributed by atoms with van der Waals surface area (Å²) in [6, 6.07) is 7.56. The zero-order chi connectivity index (χ0) is 16.2. The van der Waals surface area contributed by atoms with Gasteiger partial charge in [0.2, 0.25) is 0 Å². The molecule has 1 aromatic carbocycles. The molecule has 3 rings (SSSR count). The predicted octanol–water partition coefficient (Wildman–Crippen LogP) is 2.18. The second kappa shape index (κ2) is 7.15. The first kappa shape index (κ1) is 16.0. The van der Waals surface area contributed by atoms with Gasteiger partial charge in [-0.3, -0.25) is 4.79 Å². The number of rotatable bonds is 5. The van der Waals surface area contributed by atoms with Gasteiger partial charge >= 0.3 is 0 Å². The Labute approximate surface area is 136 Å². The van der Waals surface area contributed by atoms with E-state index < -0.39 is 0 Å². The molecule has 0 bridgehead atoms. The van der Waals surface area contributed by atoms with Crippen molar-refractivity contribution in [2.75, 3.05) is 32.8 Å². The topological polar surface area (TPSA) is 65.7 Å². The number of aliphatic hydroxyl groups excluding tert-OH is 1. The summed E-state index contributed by atoms with van der Waals surface area (Å²) in [7, 11) is 0. The maximum Gasteiger partial charge on any atom is 0.255 e. The molecule has 23 heavy (non-hydrogen) atoms. The molecule has 1 fully saturated rings. The molecule has 2 aromatic rings. The summed E-state index contributed by atoms with van der Waals surface area (Å²) in [6.07, 6.45) is 2.21. The van der Waals surface area contributed by atoms with Gasteiger partial charge in [0, 0.05) is 31.6 Å². The van der Waals surface area contributed by atoms with Crippen LogP contribution in [-0.4, -0.2) is 48.7 Å². The van der Waals surface area contributed by atoms with E-state index in [9.17, 15) is 9.90 Å². The van der Waals surface area contributed by atoms with E-state index in [0.29, 0.717) is 23.6 Å². The lowest BCUT2D eigenvalue weighted by Gasteiger charge is -2.31. The van der Waals surface area contributed by atoms with Crippen LogP contribution in [0.15, 0.2) is 28.7 Å². The third-order valence-corrected chi connectivity index (χ3v) is 4.49. The molecule has 2 heterocycles. The third kappa shape index (κ3) is 3.74. The van der Waals surface area contributed by atoms with Crippen LogP contribution in [0.4, 0.5) is 0 Å². The maximum atomic E-state index is 12.4. The van der Waals surface area contributed by atoms with Crippen LogP contribution in [0.2, 0.25) is 0 Å². The first-order valence-corrected chi connectivity index (χ1v) is 8.28. The standard InChI is InChI=1S/C18H24N2O3/c1-13-10-15-5-2-6-16(17(15)23-13)18(22)19-7-9-20-8-3-4-14(11-20)12-21/h2,5-6,10,14,21H,3-4,7-9,11-12H2,1H3,(H,19,22)/t14-/m1/s1. The maximum absolute atomic E-state index is 12.4. The number of fused-ring (bicyclic) bond motifs is 1. The molecule has 5 heteroatoms. The Morgan fingerprint density at radius 2 is 2.35 bits per heavy atom. The van der Waals surface area contributed by atoms with Crippen LogP contribution in [0.1, 0.15) is 29.0 Å². The van der Waals surface area contributed by atoms with Crippen LogP contribution < -0.4 is 5.32 Å². The number of aryl methyl sites for hydroxylation is 1. The second-order valence-electron chi connectivity index (χ2n) is 6.33. The van der Waals surface area contributed by atoms with Crippen molar-refractivity contribution in [1.29, 1.82) is 0 Å². The van der Waals surface area contributed by atoms with Crippen molar-refractivity contribution in [2.24, 2.45) is 5.92 Å². The van der Waals surface area contributed by atoms with Crippen LogP contribution in [0.3, 0.4) is 0 Å². The molecule has 1 aromatic heterocycles. The normalized spacial score (nSPS) is 19.1. The van der Waals surface area contributed by atoms with Gasteiger partial charge in [0.25, 0.3) is 5.91 Å². The minimum atomic E-state index is -0.0966. The molecular weight excluding hydrogens is 292 g/mol. The minimum absolute atomic E-state index is 0.0966. The summed E-state index contributed by atoms with van der Waals surface area (Å²) in [4.78, 5) is 14.7. The van der Waals surface area contributed by atoms with Crippen LogP contribution in [0.25, 0.3) is 11.0 Å². The number of carbonyl (C=O) groups is 1. The Bertz CT molecular complexity index is 680. The van der Waals surface area contributed by atoms with E-state index in [2.05, 4.69) is 10.2 Å². The summed E-state index contributed by atoms with van der Waals surface area (Å²) in [5.41, 5.74) is 1.24. The molecule has 1 aliphatic rings. The highest BCUT2D eigenvalue weighted by Gasteiger charge is 2.19. The molecule has 0 saturated carbocycles. The van der Waals surface area contributed by atoms with E-state index in [1.165, 1.54) is 0 Å². The fourth-order valence-corrected chi connectivity index (χ4v) is 3.30. The molecule has 1 atom stereocenters. The highest BCUT2D eigenvalue weighted by Crippen LogP contribution is 2.22. The molecule has 2 N–H and O–H groups in total. The second-order valence-corrected chi connectivity index (χ2v) is 6.33. The molecular formula is C18H24N2O3. The Morgan fingerprint density at radius 1 is 1.48 bits per heavy atom. The Balaban J connectivity index is 1.56. The number of para-hydroxylation sites is 1. The molecule has 1 saturated heterocycles. The molecule has 0 aliphatic carbocycles. The number of nitrogens with one attached hydrogen (secondary N) is 1. The molecule has 5 nitrogen and oxygen atoms in total. The number of piperidine rings is 1. The van der Waals surface area contributed by atoms with Crippen molar-refractivity contribution in [2.45, 2.75) is 19.8 Å².